The molecule has 0 saturated heterocycles. The SMILES string of the molecule is FCCOCCOCCOCCOCCOCCOCCOCCOCCOCCOCCOCCOCCI. The van der Waals surface area contributed by atoms with E-state index in [1.54, 1.807) is 0 Å². The van der Waals surface area contributed by atoms with Crippen molar-refractivity contribution in [1.29, 1.82) is 0 Å². The number of halogens is 2. The first-order valence-electron chi connectivity index (χ1n) is 14.0. The van der Waals surface area contributed by atoms with Crippen molar-refractivity contribution in [2.24, 2.45) is 0 Å². The second-order valence-corrected chi connectivity index (χ2v) is 8.81. The highest BCUT2D eigenvalue weighted by Crippen LogP contribution is 1.88. The molecule has 0 radical (unpaired) electrons. The molecule has 0 fully saturated rings. The van der Waals surface area contributed by atoms with Gasteiger partial charge in [0.05, 0.1) is 159 Å². The summed E-state index contributed by atoms with van der Waals surface area (Å²) in [7, 11) is 0. The number of hydrogen-bond acceptors (Lipinski definition) is 12. The Morgan fingerprint density at radius 3 is 0.550 bits per heavy atom. The van der Waals surface area contributed by atoms with Gasteiger partial charge in [0.25, 0.3) is 0 Å². The van der Waals surface area contributed by atoms with Crippen molar-refractivity contribution in [2.45, 2.75) is 0 Å². The standard InChI is InChI=1S/C26H52FIO12/c27-1-3-29-5-7-31-9-11-33-13-15-35-17-19-37-21-23-39-25-26-40-24-22-38-20-18-36-16-14-34-12-10-32-8-6-30-4-2-28/h1-26H2. The van der Waals surface area contributed by atoms with E-state index in [-0.39, 0.29) is 6.61 Å². The smallest absolute Gasteiger partial charge is 0.113 e. The Hall–Kier alpha value is 0.180. The van der Waals surface area contributed by atoms with E-state index in [1.807, 2.05) is 0 Å². The van der Waals surface area contributed by atoms with Crippen LogP contribution in [0.1, 0.15) is 0 Å². The zero-order valence-corrected chi connectivity index (χ0v) is 26.2. The highest BCUT2D eigenvalue weighted by molar-refractivity contribution is 14.1. The number of hydrogen-bond donors (Lipinski definition) is 0. The Bertz CT molecular complexity index is 408. The highest BCUT2D eigenvalue weighted by atomic mass is 127. The van der Waals surface area contributed by atoms with Crippen LogP contribution in [0.4, 0.5) is 4.39 Å². The van der Waals surface area contributed by atoms with Crippen LogP contribution in [-0.4, -0.2) is 170 Å². The maximum absolute atomic E-state index is 11.8. The van der Waals surface area contributed by atoms with Crippen molar-refractivity contribution in [2.75, 3.05) is 170 Å². The topological polar surface area (TPSA) is 111 Å². The van der Waals surface area contributed by atoms with Crippen LogP contribution < -0.4 is 0 Å². The highest BCUT2D eigenvalue weighted by Gasteiger charge is 1.96. The van der Waals surface area contributed by atoms with Gasteiger partial charge in [-0.15, -0.1) is 0 Å². The molecule has 0 heterocycles. The van der Waals surface area contributed by atoms with Crippen molar-refractivity contribution < 1.29 is 61.2 Å². The molecule has 0 N–H and O–H groups in total. The molecule has 0 aliphatic rings. The molecule has 0 aromatic heterocycles. The maximum atomic E-state index is 11.8. The van der Waals surface area contributed by atoms with E-state index in [0.29, 0.717) is 145 Å². The monoisotopic (exact) mass is 702 g/mol. The van der Waals surface area contributed by atoms with Gasteiger partial charge >= 0.3 is 0 Å². The molecule has 0 unspecified atom stereocenters. The normalized spacial score (nSPS) is 11.6. The summed E-state index contributed by atoms with van der Waals surface area (Å²) in [6.07, 6.45) is 0. The van der Waals surface area contributed by atoms with Crippen LogP contribution in [0.15, 0.2) is 0 Å². The Morgan fingerprint density at radius 1 is 0.250 bits per heavy atom. The van der Waals surface area contributed by atoms with Crippen molar-refractivity contribution >= 4 is 22.6 Å². The predicted octanol–water partition coefficient (Wildman–Crippen LogP) is 1.59. The second kappa shape index (κ2) is 39.2. The third-order valence-electron chi connectivity index (χ3n) is 4.54. The third kappa shape index (κ3) is 38.2. The van der Waals surface area contributed by atoms with Gasteiger partial charge in [-0.2, -0.15) is 0 Å². The lowest BCUT2D eigenvalue weighted by molar-refractivity contribution is -0.0283. The lowest BCUT2D eigenvalue weighted by atomic mass is 10.6. The molecule has 0 spiro atoms. The molecule has 14 heteroatoms. The van der Waals surface area contributed by atoms with Crippen LogP contribution in [0.5, 0.6) is 0 Å². The van der Waals surface area contributed by atoms with Crippen LogP contribution >= 0.6 is 22.6 Å². The number of ether oxygens (including phenoxy) is 12. The Kier molecular flexibility index (Phi) is 39.4. The van der Waals surface area contributed by atoms with Crippen LogP contribution in [0.3, 0.4) is 0 Å². The second-order valence-electron chi connectivity index (χ2n) is 7.73. The van der Waals surface area contributed by atoms with Gasteiger partial charge in [-0.3, -0.25) is 0 Å². The molecule has 0 amide bonds. The molecule has 12 nitrogen and oxygen atoms in total. The lowest BCUT2D eigenvalue weighted by Gasteiger charge is -2.09. The van der Waals surface area contributed by atoms with Gasteiger partial charge in [-0.05, 0) is 0 Å². The van der Waals surface area contributed by atoms with Gasteiger partial charge in [-0.1, -0.05) is 22.6 Å². The molecule has 0 aliphatic carbocycles. The van der Waals surface area contributed by atoms with Gasteiger partial charge in [0.1, 0.15) is 6.67 Å². The summed E-state index contributed by atoms with van der Waals surface area (Å²) in [5.74, 6) is 0. The summed E-state index contributed by atoms with van der Waals surface area (Å²) in [5.41, 5.74) is 0. The summed E-state index contributed by atoms with van der Waals surface area (Å²) in [6.45, 7) is 11.6. The van der Waals surface area contributed by atoms with Crippen molar-refractivity contribution in [3.8, 4) is 0 Å². The van der Waals surface area contributed by atoms with Gasteiger partial charge in [0.2, 0.25) is 0 Å². The average Bonchev–Trinajstić information content (AvgIpc) is 2.97. The van der Waals surface area contributed by atoms with Crippen LogP contribution in [0, 0.1) is 0 Å². The first-order chi connectivity index (χ1) is 19.9. The fourth-order valence-corrected chi connectivity index (χ4v) is 2.94. The fraction of sp³-hybridized carbons (Fsp3) is 1.00. The molecule has 0 aliphatic heterocycles. The average molecular weight is 703 g/mol. The Morgan fingerprint density at radius 2 is 0.400 bits per heavy atom. The third-order valence-corrected chi connectivity index (χ3v) is 4.98. The molecule has 0 aromatic rings. The van der Waals surface area contributed by atoms with Crippen molar-refractivity contribution in [3.05, 3.63) is 0 Å². The first-order valence-corrected chi connectivity index (χ1v) is 15.5. The molecular weight excluding hydrogens is 650 g/mol. The number of rotatable bonds is 37. The summed E-state index contributed by atoms with van der Waals surface area (Å²) in [6, 6.07) is 0. The predicted molar refractivity (Wildman–Crippen MR) is 155 cm³/mol. The van der Waals surface area contributed by atoms with Crippen molar-refractivity contribution in [1.82, 2.24) is 0 Å². The van der Waals surface area contributed by atoms with Gasteiger partial charge in [0.15, 0.2) is 0 Å². The summed E-state index contributed by atoms with van der Waals surface area (Å²) >= 11 is 2.27. The zero-order valence-electron chi connectivity index (χ0n) is 24.0. The number of alkyl halides is 2. The maximum Gasteiger partial charge on any atom is 0.113 e. The van der Waals surface area contributed by atoms with Gasteiger partial charge in [0, 0.05) is 4.43 Å². The van der Waals surface area contributed by atoms with Crippen LogP contribution in [0.25, 0.3) is 0 Å². The Labute approximate surface area is 253 Å². The molecular formula is C26H52FIO12. The lowest BCUT2D eigenvalue weighted by Crippen LogP contribution is -2.15. The molecule has 0 rings (SSSR count). The van der Waals surface area contributed by atoms with E-state index in [1.165, 1.54) is 0 Å². The van der Waals surface area contributed by atoms with E-state index < -0.39 is 6.67 Å². The van der Waals surface area contributed by atoms with Crippen LogP contribution in [0.2, 0.25) is 0 Å². The van der Waals surface area contributed by atoms with E-state index in [9.17, 15) is 4.39 Å². The molecule has 0 atom stereocenters. The fourth-order valence-electron chi connectivity index (χ4n) is 2.63. The molecule has 0 aromatic carbocycles. The minimum absolute atomic E-state index is 0.115. The Balaban J connectivity index is 3.01. The largest absolute Gasteiger partial charge is 0.378 e. The van der Waals surface area contributed by atoms with Crippen LogP contribution in [-0.2, 0) is 56.8 Å². The molecule has 40 heavy (non-hydrogen) atoms. The van der Waals surface area contributed by atoms with Gasteiger partial charge in [-0.25, -0.2) is 4.39 Å². The van der Waals surface area contributed by atoms with Crippen molar-refractivity contribution in [3.63, 3.8) is 0 Å². The minimum Gasteiger partial charge on any atom is -0.378 e. The van der Waals surface area contributed by atoms with E-state index in [0.717, 1.165) is 11.0 Å². The summed E-state index contributed by atoms with van der Waals surface area (Å²) < 4.78 is 77.2. The summed E-state index contributed by atoms with van der Waals surface area (Å²) in [5, 5.41) is 0. The molecule has 0 bridgehead atoms. The first kappa shape index (κ1) is 40.2. The molecule has 242 valence electrons. The molecule has 0 saturated carbocycles. The van der Waals surface area contributed by atoms with E-state index in [4.69, 9.17) is 56.8 Å². The van der Waals surface area contributed by atoms with E-state index in [2.05, 4.69) is 22.6 Å². The minimum atomic E-state index is -0.473. The summed E-state index contributed by atoms with van der Waals surface area (Å²) in [4.78, 5) is 0. The zero-order chi connectivity index (χ0) is 28.9. The quantitative estimate of drug-likeness (QED) is 0.0533. The van der Waals surface area contributed by atoms with E-state index >= 15 is 0 Å². The van der Waals surface area contributed by atoms with Gasteiger partial charge < -0.3 is 56.8 Å².